The standard InChI is InChI=1S/C8H6ClF2NO2/c1-4-2-5(8(10)11)6(9)3-7(4)12(13)14/h2-3,8H,1H3. The summed E-state index contributed by atoms with van der Waals surface area (Å²) in [5.41, 5.74) is -0.455. The van der Waals surface area contributed by atoms with Gasteiger partial charge in [0.2, 0.25) is 0 Å². The maximum atomic E-state index is 12.3. The normalized spacial score (nSPS) is 10.6. The number of nitro groups is 1. The molecule has 3 nitrogen and oxygen atoms in total. The van der Waals surface area contributed by atoms with Gasteiger partial charge in [-0.2, -0.15) is 0 Å². The lowest BCUT2D eigenvalue weighted by Crippen LogP contribution is -1.95. The molecule has 0 aliphatic carbocycles. The van der Waals surface area contributed by atoms with Crippen molar-refractivity contribution >= 4 is 17.3 Å². The summed E-state index contributed by atoms with van der Waals surface area (Å²) in [5.74, 6) is 0. The highest BCUT2D eigenvalue weighted by Gasteiger charge is 2.18. The van der Waals surface area contributed by atoms with Crippen LogP contribution in [0.25, 0.3) is 0 Å². The van der Waals surface area contributed by atoms with Crippen molar-refractivity contribution in [1.29, 1.82) is 0 Å². The molecule has 1 rings (SSSR count). The topological polar surface area (TPSA) is 43.1 Å². The minimum absolute atomic E-state index is 0.176. The summed E-state index contributed by atoms with van der Waals surface area (Å²) in [6, 6.07) is 1.98. The minimum Gasteiger partial charge on any atom is -0.258 e. The fraction of sp³-hybridized carbons (Fsp3) is 0.250. The van der Waals surface area contributed by atoms with Crippen LogP contribution in [0.15, 0.2) is 12.1 Å². The van der Waals surface area contributed by atoms with Crippen LogP contribution in [-0.4, -0.2) is 4.92 Å². The van der Waals surface area contributed by atoms with E-state index >= 15 is 0 Å². The average molecular weight is 222 g/mol. The number of alkyl halides is 2. The van der Waals surface area contributed by atoms with Crippen LogP contribution >= 0.6 is 11.6 Å². The summed E-state index contributed by atoms with van der Waals surface area (Å²) in [7, 11) is 0. The van der Waals surface area contributed by atoms with Crippen molar-refractivity contribution in [3.63, 3.8) is 0 Å². The molecule has 0 unspecified atom stereocenters. The fourth-order valence-corrected chi connectivity index (χ4v) is 1.30. The largest absolute Gasteiger partial charge is 0.273 e. The number of rotatable bonds is 2. The SMILES string of the molecule is Cc1cc(C(F)F)c(Cl)cc1[N+](=O)[O-]. The number of halogens is 3. The summed E-state index contributed by atoms with van der Waals surface area (Å²) in [4.78, 5) is 9.76. The van der Waals surface area contributed by atoms with Gasteiger partial charge in [-0.05, 0) is 13.0 Å². The third-order valence-corrected chi connectivity index (χ3v) is 2.07. The number of nitrogens with zero attached hydrogens (tertiary/aromatic N) is 1. The van der Waals surface area contributed by atoms with Crippen molar-refractivity contribution in [1.82, 2.24) is 0 Å². The molecule has 0 aliphatic rings. The molecule has 0 amide bonds. The second-order valence-corrected chi connectivity index (χ2v) is 3.13. The van der Waals surface area contributed by atoms with E-state index in [1.54, 1.807) is 0 Å². The summed E-state index contributed by atoms with van der Waals surface area (Å²) in [6.07, 6.45) is -2.72. The van der Waals surface area contributed by atoms with Crippen LogP contribution in [0.1, 0.15) is 17.6 Å². The van der Waals surface area contributed by atoms with Crippen LogP contribution in [0.3, 0.4) is 0 Å². The Morgan fingerprint density at radius 3 is 2.50 bits per heavy atom. The molecule has 1 aromatic rings. The number of nitro benzene ring substituents is 1. The maximum absolute atomic E-state index is 12.3. The summed E-state index contributed by atoms with van der Waals surface area (Å²) in [6.45, 7) is 1.39. The molecule has 0 fully saturated rings. The minimum atomic E-state index is -2.72. The van der Waals surface area contributed by atoms with E-state index in [9.17, 15) is 18.9 Å². The van der Waals surface area contributed by atoms with E-state index in [-0.39, 0.29) is 21.8 Å². The zero-order chi connectivity index (χ0) is 10.9. The van der Waals surface area contributed by atoms with Gasteiger partial charge in [-0.25, -0.2) is 8.78 Å². The number of aryl methyl sites for hydroxylation is 1. The molecule has 14 heavy (non-hydrogen) atoms. The zero-order valence-corrected chi connectivity index (χ0v) is 7.89. The third kappa shape index (κ3) is 1.98. The second kappa shape index (κ2) is 3.88. The molecule has 76 valence electrons. The van der Waals surface area contributed by atoms with Gasteiger partial charge in [0.1, 0.15) is 0 Å². The van der Waals surface area contributed by atoms with E-state index in [1.165, 1.54) is 6.92 Å². The van der Waals surface area contributed by atoms with Crippen molar-refractivity contribution in [3.05, 3.63) is 38.4 Å². The van der Waals surface area contributed by atoms with E-state index < -0.39 is 11.3 Å². The van der Waals surface area contributed by atoms with E-state index in [0.717, 1.165) is 12.1 Å². The Hall–Kier alpha value is -1.23. The summed E-state index contributed by atoms with van der Waals surface area (Å²) < 4.78 is 24.6. The molecule has 0 saturated carbocycles. The van der Waals surface area contributed by atoms with Crippen molar-refractivity contribution in [2.75, 3.05) is 0 Å². The zero-order valence-electron chi connectivity index (χ0n) is 7.13. The number of hydrogen-bond acceptors (Lipinski definition) is 2. The molecule has 0 heterocycles. The van der Waals surface area contributed by atoms with Gasteiger partial charge in [-0.1, -0.05) is 11.6 Å². The molecule has 0 N–H and O–H groups in total. The quantitative estimate of drug-likeness (QED) is 0.567. The van der Waals surface area contributed by atoms with Crippen molar-refractivity contribution in [2.45, 2.75) is 13.3 Å². The first kappa shape index (κ1) is 10.8. The third-order valence-electron chi connectivity index (χ3n) is 1.75. The van der Waals surface area contributed by atoms with Crippen LogP contribution in [0, 0.1) is 17.0 Å². The number of benzene rings is 1. The first-order chi connectivity index (χ1) is 6.43. The lowest BCUT2D eigenvalue weighted by molar-refractivity contribution is -0.385. The monoisotopic (exact) mass is 221 g/mol. The molecule has 0 aromatic heterocycles. The van der Waals surface area contributed by atoms with Gasteiger partial charge < -0.3 is 0 Å². The van der Waals surface area contributed by atoms with Crippen molar-refractivity contribution in [2.24, 2.45) is 0 Å². The number of hydrogen-bond donors (Lipinski definition) is 0. The van der Waals surface area contributed by atoms with Crippen LogP contribution in [-0.2, 0) is 0 Å². The lowest BCUT2D eigenvalue weighted by atomic mass is 10.1. The van der Waals surface area contributed by atoms with E-state index in [2.05, 4.69) is 0 Å². The van der Waals surface area contributed by atoms with Gasteiger partial charge in [0.05, 0.1) is 9.95 Å². The Balaban J connectivity index is 3.31. The van der Waals surface area contributed by atoms with Gasteiger partial charge in [-0.15, -0.1) is 0 Å². The van der Waals surface area contributed by atoms with Crippen LogP contribution in [0.4, 0.5) is 14.5 Å². The van der Waals surface area contributed by atoms with Gasteiger partial charge in [0, 0.05) is 17.2 Å². The first-order valence-corrected chi connectivity index (χ1v) is 4.04. The molecule has 1 aromatic carbocycles. The smallest absolute Gasteiger partial charge is 0.258 e. The second-order valence-electron chi connectivity index (χ2n) is 2.72. The highest BCUT2D eigenvalue weighted by molar-refractivity contribution is 6.31. The Morgan fingerprint density at radius 1 is 1.50 bits per heavy atom. The van der Waals surface area contributed by atoms with Crippen molar-refractivity contribution in [3.8, 4) is 0 Å². The molecular weight excluding hydrogens is 216 g/mol. The van der Waals surface area contributed by atoms with E-state index in [4.69, 9.17) is 11.6 Å². The summed E-state index contributed by atoms with van der Waals surface area (Å²) in [5, 5.41) is 10.1. The highest BCUT2D eigenvalue weighted by Crippen LogP contribution is 2.32. The molecule has 0 bridgehead atoms. The average Bonchev–Trinajstić information content (AvgIpc) is 2.07. The van der Waals surface area contributed by atoms with E-state index in [1.807, 2.05) is 0 Å². The van der Waals surface area contributed by atoms with Crippen LogP contribution < -0.4 is 0 Å². The summed E-state index contributed by atoms with van der Waals surface area (Å²) >= 11 is 5.46. The molecule has 0 saturated heterocycles. The van der Waals surface area contributed by atoms with E-state index in [0.29, 0.717) is 0 Å². The Kier molecular flexibility index (Phi) is 3.00. The maximum Gasteiger partial charge on any atom is 0.273 e. The first-order valence-electron chi connectivity index (χ1n) is 3.66. The molecule has 6 heteroatoms. The predicted octanol–water partition coefficient (Wildman–Crippen LogP) is 3.49. The molecular formula is C8H6ClF2NO2. The fourth-order valence-electron chi connectivity index (χ4n) is 1.06. The van der Waals surface area contributed by atoms with Gasteiger partial charge in [0.15, 0.2) is 0 Å². The Labute approximate surface area is 83.4 Å². The molecule has 0 radical (unpaired) electrons. The van der Waals surface area contributed by atoms with Gasteiger partial charge in [0.25, 0.3) is 12.1 Å². The van der Waals surface area contributed by atoms with Crippen LogP contribution in [0.5, 0.6) is 0 Å². The Bertz CT molecular complexity index is 382. The lowest BCUT2D eigenvalue weighted by Gasteiger charge is -2.04. The highest BCUT2D eigenvalue weighted by atomic mass is 35.5. The van der Waals surface area contributed by atoms with Crippen molar-refractivity contribution < 1.29 is 13.7 Å². The van der Waals surface area contributed by atoms with Gasteiger partial charge in [-0.3, -0.25) is 10.1 Å². The van der Waals surface area contributed by atoms with Gasteiger partial charge >= 0.3 is 0 Å². The molecule has 0 atom stereocenters. The predicted molar refractivity (Wildman–Crippen MR) is 47.8 cm³/mol. The van der Waals surface area contributed by atoms with Crippen LogP contribution in [0.2, 0.25) is 5.02 Å². The Morgan fingerprint density at radius 2 is 2.07 bits per heavy atom. The molecule has 0 spiro atoms. The molecule has 0 aliphatic heterocycles.